The average molecular weight is 554 g/mol. The highest BCUT2D eigenvalue weighted by molar-refractivity contribution is 7.85. The minimum atomic E-state index is -4.71. The number of anilines is 2. The van der Waals surface area contributed by atoms with Gasteiger partial charge in [0.15, 0.2) is 5.03 Å². The molecule has 9 nitrogen and oxygen atoms in total. The first-order valence-electron chi connectivity index (χ1n) is 10.8. The maximum atomic E-state index is 13.9. The highest BCUT2D eigenvalue weighted by Gasteiger charge is 2.51. The molecule has 12 heteroatoms. The van der Waals surface area contributed by atoms with Crippen LogP contribution in [0.1, 0.15) is 18.2 Å². The third-order valence-electron chi connectivity index (χ3n) is 6.16. The maximum absolute atomic E-state index is 13.9. The second kappa shape index (κ2) is 8.97. The van der Waals surface area contributed by atoms with Gasteiger partial charge in [-0.05, 0) is 48.4 Å². The number of fused-ring (bicyclic) bond motifs is 1. The molecule has 1 atom stereocenters. The molecule has 1 N–H and O–H groups in total. The number of amides is 1. The van der Waals surface area contributed by atoms with Crippen molar-refractivity contribution < 1.29 is 17.8 Å². The van der Waals surface area contributed by atoms with Crippen LogP contribution in [0.3, 0.4) is 0 Å². The first kappa shape index (κ1) is 24.9. The number of benzene rings is 2. The van der Waals surface area contributed by atoms with Crippen molar-refractivity contribution in [3.8, 4) is 17.2 Å². The zero-order valence-electron chi connectivity index (χ0n) is 19.1. The van der Waals surface area contributed by atoms with Crippen LogP contribution in [0.25, 0.3) is 11.1 Å². The number of aromatic nitrogens is 3. The van der Waals surface area contributed by atoms with Gasteiger partial charge >= 0.3 is 10.1 Å². The number of halogens is 2. The standard InChI is InChI=1S/C25H17Cl2N5O4S/c1-25(12-15-4-6-16(7-5-15)20-3-2-8-29-21(20)13-28)23(33)31(19-10-17(26)9-18(27)11-19)24-30-14-22(32(24)25)37(34,35)36/h2-11,14H,12H2,1H3,(H,34,35,36)/t25-/m1/s1. The number of carbonyl (C=O) groups is 1. The van der Waals surface area contributed by atoms with E-state index in [0.29, 0.717) is 16.8 Å². The molecule has 0 saturated carbocycles. The molecular weight excluding hydrogens is 537 g/mol. The summed E-state index contributed by atoms with van der Waals surface area (Å²) in [6.07, 6.45) is 2.61. The Labute approximate surface area is 222 Å². The lowest BCUT2D eigenvalue weighted by atomic mass is 9.91. The summed E-state index contributed by atoms with van der Waals surface area (Å²) in [5.41, 5.74) is 1.23. The maximum Gasteiger partial charge on any atom is 0.312 e. The molecule has 2 aromatic carbocycles. The van der Waals surface area contributed by atoms with Gasteiger partial charge in [-0.2, -0.15) is 13.7 Å². The quantitative estimate of drug-likeness (QED) is 0.344. The summed E-state index contributed by atoms with van der Waals surface area (Å²) in [6, 6.07) is 17.3. The number of rotatable bonds is 5. The van der Waals surface area contributed by atoms with Gasteiger partial charge in [0.25, 0.3) is 5.91 Å². The Morgan fingerprint density at radius 3 is 2.38 bits per heavy atom. The van der Waals surface area contributed by atoms with Gasteiger partial charge in [0, 0.05) is 28.2 Å². The molecule has 37 heavy (non-hydrogen) atoms. The Hall–Kier alpha value is -3.75. The minimum Gasteiger partial charge on any atom is -0.283 e. The third-order valence-corrected chi connectivity index (χ3v) is 7.42. The number of hydrogen-bond acceptors (Lipinski definition) is 6. The van der Waals surface area contributed by atoms with Crippen molar-refractivity contribution in [2.45, 2.75) is 23.9 Å². The number of imidazole rings is 1. The zero-order chi connectivity index (χ0) is 26.5. The van der Waals surface area contributed by atoms with E-state index in [2.05, 4.69) is 16.0 Å². The van der Waals surface area contributed by atoms with E-state index in [9.17, 15) is 23.0 Å². The smallest absolute Gasteiger partial charge is 0.283 e. The van der Waals surface area contributed by atoms with Gasteiger partial charge in [0.1, 0.15) is 17.3 Å². The molecule has 5 rings (SSSR count). The van der Waals surface area contributed by atoms with Gasteiger partial charge in [-0.3, -0.25) is 13.9 Å². The predicted molar refractivity (Wildman–Crippen MR) is 137 cm³/mol. The van der Waals surface area contributed by atoms with E-state index in [1.54, 1.807) is 43.3 Å². The second-order valence-electron chi connectivity index (χ2n) is 8.63. The van der Waals surface area contributed by atoms with Crippen molar-refractivity contribution >= 4 is 50.9 Å². The lowest BCUT2D eigenvalue weighted by Gasteiger charge is -2.26. The van der Waals surface area contributed by atoms with Gasteiger partial charge in [-0.15, -0.1) is 0 Å². The second-order valence-corrected chi connectivity index (χ2v) is 10.9. The summed E-state index contributed by atoms with van der Waals surface area (Å²) in [6.45, 7) is 1.57. The number of carbonyl (C=O) groups excluding carboxylic acids is 1. The average Bonchev–Trinajstić information content (AvgIpc) is 3.37. The normalized spacial score (nSPS) is 17.1. The Kier molecular flexibility index (Phi) is 6.04. The fraction of sp³-hybridized carbons (Fsp3) is 0.120. The molecule has 1 aliphatic heterocycles. The Morgan fingerprint density at radius 2 is 1.76 bits per heavy atom. The van der Waals surface area contributed by atoms with Gasteiger partial charge < -0.3 is 0 Å². The molecule has 0 unspecified atom stereocenters. The van der Waals surface area contributed by atoms with Crippen molar-refractivity contribution in [3.05, 3.63) is 88.3 Å². The van der Waals surface area contributed by atoms with Gasteiger partial charge in [-0.1, -0.05) is 47.5 Å². The van der Waals surface area contributed by atoms with Crippen LogP contribution in [-0.4, -0.2) is 33.4 Å². The van der Waals surface area contributed by atoms with Crippen LogP contribution in [0.5, 0.6) is 0 Å². The highest BCUT2D eigenvalue weighted by atomic mass is 35.5. The molecule has 1 aliphatic rings. The molecule has 0 spiro atoms. The van der Waals surface area contributed by atoms with Gasteiger partial charge in [0.05, 0.1) is 11.9 Å². The summed E-state index contributed by atoms with van der Waals surface area (Å²) in [4.78, 5) is 23.3. The minimum absolute atomic E-state index is 0.00380. The van der Waals surface area contributed by atoms with E-state index < -0.39 is 26.6 Å². The molecule has 3 heterocycles. The molecule has 4 aromatic rings. The summed E-state index contributed by atoms with van der Waals surface area (Å²) in [5.74, 6) is -0.481. The Morgan fingerprint density at radius 1 is 1.08 bits per heavy atom. The van der Waals surface area contributed by atoms with Gasteiger partial charge in [0.2, 0.25) is 5.95 Å². The SMILES string of the molecule is C[C@@]1(Cc2ccc(-c3cccnc3C#N)cc2)C(=O)N(c2cc(Cl)cc(Cl)c2)c2ncc(S(=O)(=O)O)n21. The number of nitriles is 1. The fourth-order valence-electron chi connectivity index (χ4n) is 4.54. The van der Waals surface area contributed by atoms with Crippen molar-refractivity contribution in [2.75, 3.05) is 4.90 Å². The van der Waals surface area contributed by atoms with E-state index in [0.717, 1.165) is 11.8 Å². The molecule has 1 amide bonds. The zero-order valence-corrected chi connectivity index (χ0v) is 21.5. The van der Waals surface area contributed by atoms with E-state index >= 15 is 0 Å². The molecule has 2 aromatic heterocycles. The number of hydrogen-bond donors (Lipinski definition) is 1. The molecule has 0 radical (unpaired) electrons. The monoisotopic (exact) mass is 553 g/mol. The number of nitrogens with zero attached hydrogens (tertiary/aromatic N) is 5. The first-order chi connectivity index (χ1) is 17.5. The summed E-state index contributed by atoms with van der Waals surface area (Å²) < 4.78 is 35.5. The van der Waals surface area contributed by atoms with Crippen molar-refractivity contribution in [1.82, 2.24) is 14.5 Å². The molecule has 0 saturated heterocycles. The molecule has 0 fully saturated rings. The molecule has 186 valence electrons. The van der Waals surface area contributed by atoms with Crippen LogP contribution in [0.4, 0.5) is 11.6 Å². The largest absolute Gasteiger partial charge is 0.312 e. The topological polar surface area (TPSA) is 129 Å². The molecule has 0 bridgehead atoms. The Bertz CT molecular complexity index is 1690. The van der Waals surface area contributed by atoms with Crippen LogP contribution < -0.4 is 4.90 Å². The van der Waals surface area contributed by atoms with E-state index in [1.165, 1.54) is 33.9 Å². The summed E-state index contributed by atoms with van der Waals surface area (Å²) in [5, 5.41) is 9.40. The number of pyridine rings is 1. The van der Waals surface area contributed by atoms with Gasteiger partial charge in [-0.25, -0.2) is 14.9 Å². The highest BCUT2D eigenvalue weighted by Crippen LogP contribution is 2.44. The lowest BCUT2D eigenvalue weighted by molar-refractivity contribution is -0.124. The van der Waals surface area contributed by atoms with E-state index in [1.807, 2.05) is 0 Å². The van der Waals surface area contributed by atoms with Crippen LogP contribution >= 0.6 is 23.2 Å². The predicted octanol–water partition coefficient (Wildman–Crippen LogP) is 5.01. The first-order valence-corrected chi connectivity index (χ1v) is 13.0. The van der Waals surface area contributed by atoms with E-state index in [-0.39, 0.29) is 28.1 Å². The van der Waals surface area contributed by atoms with Crippen LogP contribution in [0, 0.1) is 11.3 Å². The molecule has 0 aliphatic carbocycles. The fourth-order valence-corrected chi connectivity index (χ4v) is 5.75. The Balaban J connectivity index is 1.60. The van der Waals surface area contributed by atoms with Crippen molar-refractivity contribution in [1.29, 1.82) is 5.26 Å². The summed E-state index contributed by atoms with van der Waals surface area (Å²) >= 11 is 12.3. The van der Waals surface area contributed by atoms with Crippen LogP contribution in [-0.2, 0) is 26.9 Å². The summed E-state index contributed by atoms with van der Waals surface area (Å²) in [7, 11) is -4.71. The van der Waals surface area contributed by atoms with Crippen LogP contribution in [0.2, 0.25) is 10.0 Å². The van der Waals surface area contributed by atoms with Crippen molar-refractivity contribution in [3.63, 3.8) is 0 Å². The molecular formula is C25H17Cl2N5O4S. The van der Waals surface area contributed by atoms with E-state index in [4.69, 9.17) is 23.2 Å². The third kappa shape index (κ3) is 4.26. The van der Waals surface area contributed by atoms with Crippen LogP contribution in [0.15, 0.2) is 72.0 Å². The lowest BCUT2D eigenvalue weighted by Crippen LogP contribution is -2.41. The van der Waals surface area contributed by atoms with Crippen molar-refractivity contribution in [2.24, 2.45) is 0 Å².